The highest BCUT2D eigenvalue weighted by Crippen LogP contribution is 2.48. The second kappa shape index (κ2) is 10.6. The first-order valence-electron chi connectivity index (χ1n) is 10.8. The van der Waals surface area contributed by atoms with Gasteiger partial charge >= 0.3 is 5.97 Å². The molecule has 0 aromatic heterocycles. The number of allylic oxidation sites excluding steroid dienone is 1. The monoisotopic (exact) mass is 398 g/mol. The Hall–Kier alpha value is -2.15. The van der Waals surface area contributed by atoms with Crippen LogP contribution in [0.25, 0.3) is 0 Å². The number of nitriles is 2. The van der Waals surface area contributed by atoms with Crippen molar-refractivity contribution in [3.63, 3.8) is 0 Å². The van der Waals surface area contributed by atoms with Gasteiger partial charge in [0.05, 0.1) is 24.9 Å². The second-order valence-electron chi connectivity index (χ2n) is 8.15. The van der Waals surface area contributed by atoms with E-state index in [1.807, 2.05) is 0 Å². The van der Waals surface area contributed by atoms with E-state index in [9.17, 15) is 15.3 Å². The molecule has 3 fully saturated rings. The number of hydrogen-bond acceptors (Lipinski definition) is 6. The lowest BCUT2D eigenvalue weighted by Gasteiger charge is -2.49. The fraction of sp³-hybridized carbons (Fsp3) is 0.696. The number of rotatable bonds is 7. The van der Waals surface area contributed by atoms with Crippen molar-refractivity contribution in [1.29, 1.82) is 10.5 Å². The number of unbranched alkanes of at least 4 members (excludes halogenated alkanes) is 1. The van der Waals surface area contributed by atoms with Crippen LogP contribution in [0.4, 0.5) is 0 Å². The quantitative estimate of drug-likeness (QED) is 0.279. The first-order valence-corrected chi connectivity index (χ1v) is 10.8. The van der Waals surface area contributed by atoms with Gasteiger partial charge in [0.2, 0.25) is 0 Å². The van der Waals surface area contributed by atoms with Gasteiger partial charge in [-0.25, -0.2) is 4.79 Å². The minimum absolute atomic E-state index is 0.0355. The molecule has 1 saturated heterocycles. The van der Waals surface area contributed by atoms with Gasteiger partial charge in [-0.3, -0.25) is 0 Å². The third-order valence-corrected chi connectivity index (χ3v) is 6.41. The fourth-order valence-corrected chi connectivity index (χ4v) is 5.08. The first-order chi connectivity index (χ1) is 14.2. The molecule has 1 aliphatic heterocycles. The maximum atomic E-state index is 11.0. The summed E-state index contributed by atoms with van der Waals surface area (Å²) in [4.78, 5) is 11.0. The average Bonchev–Trinajstić information content (AvgIpc) is 2.76. The van der Waals surface area contributed by atoms with Gasteiger partial charge in [0, 0.05) is 30.9 Å². The minimum atomic E-state index is -0.391. The number of carbonyl (C=O) groups excluding carboxylic acids is 1. The van der Waals surface area contributed by atoms with Gasteiger partial charge in [-0.05, 0) is 44.1 Å². The van der Waals surface area contributed by atoms with Gasteiger partial charge in [-0.1, -0.05) is 19.4 Å². The Kier molecular flexibility index (Phi) is 7.86. The van der Waals surface area contributed by atoms with Crippen molar-refractivity contribution < 1.29 is 19.0 Å². The molecule has 0 bridgehead atoms. The average molecular weight is 399 g/mol. The summed E-state index contributed by atoms with van der Waals surface area (Å²) in [5.41, 5.74) is 1.38. The molecule has 0 aromatic carbocycles. The zero-order valence-electron chi connectivity index (χ0n) is 17.0. The standard InChI is InChI=1S/C23H30N2O4/c1-2-22(26)28-12-6-5-11-27-17-9-10-19-21(13-17)29-20-8-4-3-7-18(20)23(19)16(14-24)15-25/h2,17-21H,1,3-13H2. The van der Waals surface area contributed by atoms with Crippen molar-refractivity contribution in [2.24, 2.45) is 11.8 Å². The lowest BCUT2D eigenvalue weighted by Crippen LogP contribution is -2.48. The van der Waals surface area contributed by atoms with Crippen molar-refractivity contribution in [2.75, 3.05) is 13.2 Å². The van der Waals surface area contributed by atoms with Crippen molar-refractivity contribution in [1.82, 2.24) is 0 Å². The van der Waals surface area contributed by atoms with Crippen LogP contribution in [0.15, 0.2) is 23.8 Å². The van der Waals surface area contributed by atoms with Crippen LogP contribution >= 0.6 is 0 Å². The maximum absolute atomic E-state index is 11.0. The van der Waals surface area contributed by atoms with Crippen molar-refractivity contribution in [3.05, 3.63) is 23.8 Å². The van der Waals surface area contributed by atoms with Gasteiger partial charge in [0.1, 0.15) is 17.7 Å². The van der Waals surface area contributed by atoms with E-state index < -0.39 is 5.97 Å². The number of ether oxygens (including phenoxy) is 3. The van der Waals surface area contributed by atoms with Crippen molar-refractivity contribution in [3.8, 4) is 12.1 Å². The number of hydrogen-bond donors (Lipinski definition) is 0. The van der Waals surface area contributed by atoms with Crippen LogP contribution in [0.1, 0.15) is 57.8 Å². The van der Waals surface area contributed by atoms with E-state index >= 15 is 0 Å². The maximum Gasteiger partial charge on any atom is 0.330 e. The highest BCUT2D eigenvalue weighted by molar-refractivity contribution is 5.81. The third kappa shape index (κ3) is 5.26. The molecule has 0 spiro atoms. The van der Waals surface area contributed by atoms with E-state index in [0.29, 0.717) is 18.8 Å². The molecular weight excluding hydrogens is 368 g/mol. The van der Waals surface area contributed by atoms with E-state index in [1.54, 1.807) is 0 Å². The molecule has 29 heavy (non-hydrogen) atoms. The molecule has 1 heterocycles. The predicted octanol–water partition coefficient (Wildman–Crippen LogP) is 3.98. The molecule has 5 unspecified atom stereocenters. The summed E-state index contributed by atoms with van der Waals surface area (Å²) in [6.45, 7) is 4.39. The van der Waals surface area contributed by atoms with Gasteiger partial charge in [-0.15, -0.1) is 0 Å². The third-order valence-electron chi connectivity index (χ3n) is 6.41. The molecule has 0 aromatic rings. The van der Waals surface area contributed by atoms with E-state index in [4.69, 9.17) is 14.2 Å². The Morgan fingerprint density at radius 3 is 2.55 bits per heavy atom. The molecule has 0 radical (unpaired) electrons. The SMILES string of the molecule is C=CC(=O)OCCCCOC1CCC2C(=C(C#N)C#N)C3CCCCC3OC2C1. The normalized spacial score (nSPS) is 30.8. The summed E-state index contributed by atoms with van der Waals surface area (Å²) in [5, 5.41) is 19.0. The minimum Gasteiger partial charge on any atom is -0.463 e. The largest absolute Gasteiger partial charge is 0.463 e. The van der Waals surface area contributed by atoms with Crippen LogP contribution in [0.3, 0.4) is 0 Å². The zero-order valence-corrected chi connectivity index (χ0v) is 17.0. The van der Waals surface area contributed by atoms with Gasteiger partial charge < -0.3 is 14.2 Å². The second-order valence-corrected chi connectivity index (χ2v) is 8.15. The Labute approximate surface area is 173 Å². The summed E-state index contributed by atoms with van der Waals surface area (Å²) in [5.74, 6) is 0.00883. The summed E-state index contributed by atoms with van der Waals surface area (Å²) >= 11 is 0. The molecular formula is C23H30N2O4. The molecule has 156 valence electrons. The molecule has 3 rings (SSSR count). The summed E-state index contributed by atoms with van der Waals surface area (Å²) in [6.07, 6.45) is 10.0. The first kappa shape index (κ1) is 21.6. The van der Waals surface area contributed by atoms with Gasteiger partial charge in [0.25, 0.3) is 0 Å². The van der Waals surface area contributed by atoms with E-state index in [1.165, 1.54) is 6.08 Å². The van der Waals surface area contributed by atoms with E-state index in [0.717, 1.165) is 63.4 Å². The molecule has 0 N–H and O–H groups in total. The zero-order chi connectivity index (χ0) is 20.6. The van der Waals surface area contributed by atoms with Crippen molar-refractivity contribution >= 4 is 5.97 Å². The fourth-order valence-electron chi connectivity index (χ4n) is 5.08. The lowest BCUT2D eigenvalue weighted by molar-refractivity contribution is -0.140. The molecule has 6 nitrogen and oxygen atoms in total. The van der Waals surface area contributed by atoms with Crippen LogP contribution in [0.2, 0.25) is 0 Å². The molecule has 3 aliphatic rings. The highest BCUT2D eigenvalue weighted by atomic mass is 16.5. The van der Waals surface area contributed by atoms with Crippen LogP contribution < -0.4 is 0 Å². The van der Waals surface area contributed by atoms with Gasteiger partial charge in [-0.2, -0.15) is 10.5 Å². The molecule has 5 atom stereocenters. The Bertz CT molecular complexity index is 701. The van der Waals surface area contributed by atoms with Crippen LogP contribution in [-0.2, 0) is 19.0 Å². The van der Waals surface area contributed by atoms with Gasteiger partial charge in [0.15, 0.2) is 0 Å². The highest BCUT2D eigenvalue weighted by Gasteiger charge is 2.46. The molecule has 6 heteroatoms. The summed E-state index contributed by atoms with van der Waals surface area (Å²) in [7, 11) is 0. The number of fused-ring (bicyclic) bond motifs is 2. The lowest BCUT2D eigenvalue weighted by atomic mass is 9.67. The Balaban J connectivity index is 1.54. The van der Waals surface area contributed by atoms with E-state index in [2.05, 4.69) is 18.7 Å². The summed E-state index contributed by atoms with van der Waals surface area (Å²) < 4.78 is 17.5. The van der Waals surface area contributed by atoms with Crippen LogP contribution in [0, 0.1) is 34.5 Å². The molecule has 0 amide bonds. The number of carbonyl (C=O) groups is 1. The Morgan fingerprint density at radius 1 is 1.07 bits per heavy atom. The van der Waals surface area contributed by atoms with E-state index in [-0.39, 0.29) is 30.1 Å². The van der Waals surface area contributed by atoms with Crippen LogP contribution in [0.5, 0.6) is 0 Å². The van der Waals surface area contributed by atoms with Crippen molar-refractivity contribution in [2.45, 2.75) is 76.1 Å². The van der Waals surface area contributed by atoms with Crippen LogP contribution in [-0.4, -0.2) is 37.5 Å². The topological polar surface area (TPSA) is 92.3 Å². The number of nitrogens with zero attached hydrogens (tertiary/aromatic N) is 2. The smallest absolute Gasteiger partial charge is 0.330 e. The molecule has 2 aliphatic carbocycles. The predicted molar refractivity (Wildman–Crippen MR) is 106 cm³/mol. The number of esters is 1. The molecule has 2 saturated carbocycles. The Morgan fingerprint density at radius 2 is 1.79 bits per heavy atom. The summed E-state index contributed by atoms with van der Waals surface area (Å²) in [6, 6.07) is 4.31.